The second-order valence-electron chi connectivity index (χ2n) is 4.15. The third kappa shape index (κ3) is 6.22. The largest absolute Gasteiger partial charge is 0.371 e. The van der Waals surface area contributed by atoms with Gasteiger partial charge in [0, 0.05) is 19.7 Å². The summed E-state index contributed by atoms with van der Waals surface area (Å²) in [5, 5.41) is 10.0. The first-order chi connectivity index (χ1) is 10.2. The van der Waals surface area contributed by atoms with E-state index in [1.54, 1.807) is 12.2 Å². The first-order valence-electron chi connectivity index (χ1n) is 6.89. The smallest absolute Gasteiger partial charge is 0.248 e. The third-order valence-electron chi connectivity index (χ3n) is 2.46. The standard InChI is InChI=1S/C14H23N5O2/c1-5-8-15-14(16-9-6-2)17-10-12-18-13(19-21-12)11(4)20-7-3/h5-6,11H,1-2,7-10H2,3-4H3,(H2,15,16,17)/t11-/m0/s1. The van der Waals surface area contributed by atoms with Gasteiger partial charge in [-0.3, -0.25) is 0 Å². The average Bonchev–Trinajstić information content (AvgIpc) is 2.96. The molecule has 0 saturated heterocycles. The zero-order valence-corrected chi connectivity index (χ0v) is 12.6. The fourth-order valence-electron chi connectivity index (χ4n) is 1.48. The lowest BCUT2D eigenvalue weighted by atomic mass is 10.4. The summed E-state index contributed by atoms with van der Waals surface area (Å²) in [5.74, 6) is 1.60. The SMILES string of the molecule is C=CCNC(=NCc1nc([C@H](C)OCC)no1)NCC=C. The van der Waals surface area contributed by atoms with Crippen LogP contribution in [0, 0.1) is 0 Å². The first-order valence-corrected chi connectivity index (χ1v) is 6.89. The van der Waals surface area contributed by atoms with Crippen LogP contribution in [-0.4, -0.2) is 35.8 Å². The van der Waals surface area contributed by atoms with Crippen LogP contribution in [-0.2, 0) is 11.3 Å². The molecule has 0 aromatic carbocycles. The molecule has 0 fully saturated rings. The molecule has 7 nitrogen and oxygen atoms in total. The third-order valence-corrected chi connectivity index (χ3v) is 2.46. The molecule has 0 saturated carbocycles. The summed E-state index contributed by atoms with van der Waals surface area (Å²) in [6.07, 6.45) is 3.31. The maximum Gasteiger partial charge on any atom is 0.248 e. The normalized spacial score (nSPS) is 11.5. The number of ether oxygens (including phenoxy) is 1. The highest BCUT2D eigenvalue weighted by molar-refractivity contribution is 5.79. The number of aliphatic imine (C=N–C) groups is 1. The van der Waals surface area contributed by atoms with Crippen molar-refractivity contribution in [3.8, 4) is 0 Å². The molecule has 1 heterocycles. The second-order valence-corrected chi connectivity index (χ2v) is 4.15. The van der Waals surface area contributed by atoms with Crippen LogP contribution >= 0.6 is 0 Å². The lowest BCUT2D eigenvalue weighted by Crippen LogP contribution is -2.37. The Morgan fingerprint density at radius 3 is 2.62 bits per heavy atom. The summed E-state index contributed by atoms with van der Waals surface area (Å²) in [5.41, 5.74) is 0. The topological polar surface area (TPSA) is 84.6 Å². The summed E-state index contributed by atoms with van der Waals surface area (Å²) >= 11 is 0. The van der Waals surface area contributed by atoms with Gasteiger partial charge in [0.2, 0.25) is 5.89 Å². The van der Waals surface area contributed by atoms with Crippen LogP contribution < -0.4 is 10.6 Å². The predicted molar refractivity (Wildman–Crippen MR) is 81.9 cm³/mol. The maximum atomic E-state index is 5.41. The molecule has 0 amide bonds. The Kier molecular flexibility index (Phi) is 7.81. The van der Waals surface area contributed by atoms with Gasteiger partial charge < -0.3 is 19.9 Å². The highest BCUT2D eigenvalue weighted by atomic mass is 16.5. The van der Waals surface area contributed by atoms with Crippen molar-refractivity contribution >= 4 is 5.96 Å². The molecular weight excluding hydrogens is 270 g/mol. The molecule has 1 atom stereocenters. The van der Waals surface area contributed by atoms with Crippen molar-refractivity contribution in [2.24, 2.45) is 4.99 Å². The molecule has 0 unspecified atom stereocenters. The molecule has 0 aliphatic carbocycles. The molecule has 1 aromatic rings. The number of hydrogen-bond donors (Lipinski definition) is 2. The van der Waals surface area contributed by atoms with E-state index in [1.807, 2.05) is 13.8 Å². The van der Waals surface area contributed by atoms with Crippen LogP contribution in [0.3, 0.4) is 0 Å². The van der Waals surface area contributed by atoms with E-state index < -0.39 is 0 Å². The number of rotatable bonds is 9. The highest BCUT2D eigenvalue weighted by Crippen LogP contribution is 2.12. The van der Waals surface area contributed by atoms with E-state index in [0.29, 0.717) is 37.4 Å². The number of guanidine groups is 1. The van der Waals surface area contributed by atoms with E-state index in [-0.39, 0.29) is 12.6 Å². The Morgan fingerprint density at radius 2 is 2.05 bits per heavy atom. The second kappa shape index (κ2) is 9.71. The van der Waals surface area contributed by atoms with E-state index in [4.69, 9.17) is 9.26 Å². The summed E-state index contributed by atoms with van der Waals surface area (Å²) in [7, 11) is 0. The monoisotopic (exact) mass is 293 g/mol. The van der Waals surface area contributed by atoms with Crippen molar-refractivity contribution < 1.29 is 9.26 Å². The van der Waals surface area contributed by atoms with E-state index in [2.05, 4.69) is 38.9 Å². The Morgan fingerprint density at radius 1 is 1.38 bits per heavy atom. The van der Waals surface area contributed by atoms with E-state index in [1.165, 1.54) is 0 Å². The fourth-order valence-corrected chi connectivity index (χ4v) is 1.48. The van der Waals surface area contributed by atoms with E-state index >= 15 is 0 Å². The van der Waals surface area contributed by atoms with Gasteiger partial charge in [0.25, 0.3) is 0 Å². The molecule has 2 N–H and O–H groups in total. The lowest BCUT2D eigenvalue weighted by molar-refractivity contribution is 0.0683. The number of hydrogen-bond acceptors (Lipinski definition) is 5. The Hall–Kier alpha value is -2.15. The maximum absolute atomic E-state index is 5.41. The van der Waals surface area contributed by atoms with Crippen molar-refractivity contribution in [2.45, 2.75) is 26.5 Å². The van der Waals surface area contributed by atoms with Gasteiger partial charge in [0.15, 0.2) is 11.8 Å². The van der Waals surface area contributed by atoms with Gasteiger partial charge in [-0.05, 0) is 13.8 Å². The molecule has 0 bridgehead atoms. The summed E-state index contributed by atoms with van der Waals surface area (Å²) in [4.78, 5) is 8.61. The van der Waals surface area contributed by atoms with Gasteiger partial charge in [-0.15, -0.1) is 13.2 Å². The molecule has 1 aromatic heterocycles. The zero-order chi connectivity index (χ0) is 15.5. The number of nitrogens with zero attached hydrogens (tertiary/aromatic N) is 3. The van der Waals surface area contributed by atoms with Crippen LogP contribution in [0.25, 0.3) is 0 Å². The van der Waals surface area contributed by atoms with Crippen molar-refractivity contribution in [2.75, 3.05) is 19.7 Å². The van der Waals surface area contributed by atoms with Crippen molar-refractivity contribution in [3.05, 3.63) is 37.0 Å². The summed E-state index contributed by atoms with van der Waals surface area (Å²) < 4.78 is 10.6. The van der Waals surface area contributed by atoms with Gasteiger partial charge in [-0.25, -0.2) is 4.99 Å². The van der Waals surface area contributed by atoms with E-state index in [9.17, 15) is 0 Å². The number of nitrogens with one attached hydrogen (secondary N) is 2. The predicted octanol–water partition coefficient (Wildman–Crippen LogP) is 1.57. The lowest BCUT2D eigenvalue weighted by Gasteiger charge is -2.08. The van der Waals surface area contributed by atoms with Gasteiger partial charge in [0.1, 0.15) is 12.6 Å². The van der Waals surface area contributed by atoms with Crippen LogP contribution in [0.5, 0.6) is 0 Å². The Balaban J connectivity index is 2.61. The van der Waals surface area contributed by atoms with Crippen LogP contribution in [0.4, 0.5) is 0 Å². The van der Waals surface area contributed by atoms with E-state index in [0.717, 1.165) is 0 Å². The molecule has 0 radical (unpaired) electrons. The van der Waals surface area contributed by atoms with Gasteiger partial charge in [0.05, 0.1) is 0 Å². The molecule has 0 aliphatic heterocycles. The van der Waals surface area contributed by atoms with Crippen LogP contribution in [0.15, 0.2) is 34.8 Å². The zero-order valence-electron chi connectivity index (χ0n) is 12.6. The minimum absolute atomic E-state index is 0.186. The van der Waals surface area contributed by atoms with Gasteiger partial charge in [-0.2, -0.15) is 4.98 Å². The molecule has 116 valence electrons. The van der Waals surface area contributed by atoms with Crippen molar-refractivity contribution in [1.29, 1.82) is 0 Å². The highest BCUT2D eigenvalue weighted by Gasteiger charge is 2.13. The molecule has 7 heteroatoms. The van der Waals surface area contributed by atoms with Gasteiger partial charge in [-0.1, -0.05) is 17.3 Å². The number of aromatic nitrogens is 2. The van der Waals surface area contributed by atoms with Crippen molar-refractivity contribution in [1.82, 2.24) is 20.8 Å². The molecule has 21 heavy (non-hydrogen) atoms. The Bertz CT molecular complexity index is 456. The van der Waals surface area contributed by atoms with Crippen molar-refractivity contribution in [3.63, 3.8) is 0 Å². The minimum atomic E-state index is -0.186. The summed E-state index contributed by atoms with van der Waals surface area (Å²) in [6, 6.07) is 0. The fraction of sp³-hybridized carbons (Fsp3) is 0.500. The molecular formula is C14H23N5O2. The quantitative estimate of drug-likeness (QED) is 0.408. The summed E-state index contributed by atoms with van der Waals surface area (Å²) in [6.45, 7) is 13.2. The van der Waals surface area contributed by atoms with Crippen LogP contribution in [0.1, 0.15) is 31.7 Å². The van der Waals surface area contributed by atoms with Crippen LogP contribution in [0.2, 0.25) is 0 Å². The molecule has 0 aliphatic rings. The minimum Gasteiger partial charge on any atom is -0.371 e. The average molecular weight is 293 g/mol. The molecule has 1 rings (SSSR count). The van der Waals surface area contributed by atoms with Gasteiger partial charge >= 0.3 is 0 Å². The first kappa shape index (κ1) is 16.9. The molecule has 0 spiro atoms. The Labute approximate surface area is 125 Å².